The number of hydrogen-bond acceptors (Lipinski definition) is 21. The Balaban J connectivity index is 0.000000216. The molecule has 16 unspecified atom stereocenters. The molecule has 2 saturated heterocycles. The van der Waals surface area contributed by atoms with Crippen molar-refractivity contribution in [2.75, 3.05) is 20.3 Å². The maximum atomic E-state index is 12.2. The summed E-state index contributed by atoms with van der Waals surface area (Å²) < 4.78 is 55.4. The zero-order chi connectivity index (χ0) is 102. The number of ether oxygens (including phenoxy) is 10. The van der Waals surface area contributed by atoms with Gasteiger partial charge in [0.05, 0.1) is 52.3 Å². The Morgan fingerprint density at radius 2 is 0.899 bits per heavy atom. The molecule has 766 valence electrons. The Bertz CT molecular complexity index is 4710. The number of carbonyl (C=O) groups is 7. The van der Waals surface area contributed by atoms with E-state index in [2.05, 4.69) is 78.8 Å². The van der Waals surface area contributed by atoms with Gasteiger partial charge in [0.1, 0.15) is 41.7 Å². The highest BCUT2D eigenvalue weighted by molar-refractivity contribution is 5.92. The fraction of sp³-hybridized carbons (Fsp3) is 0.658. The quantitative estimate of drug-likeness (QED) is 0.0189. The molecule has 6 aromatic rings. The zero-order valence-corrected chi connectivity index (χ0v) is 88.4. The van der Waals surface area contributed by atoms with Crippen molar-refractivity contribution >= 4 is 63.3 Å². The molecule has 6 aromatic carbocycles. The van der Waals surface area contributed by atoms with E-state index in [-0.39, 0.29) is 84.5 Å². The molecule has 3 N–H and O–H groups in total. The van der Waals surface area contributed by atoms with Gasteiger partial charge in [0, 0.05) is 60.8 Å². The van der Waals surface area contributed by atoms with Crippen molar-refractivity contribution in [3.8, 4) is 23.3 Å². The van der Waals surface area contributed by atoms with Gasteiger partial charge in [0.25, 0.3) is 0 Å². The highest BCUT2D eigenvalue weighted by atomic mass is 16.7. The van der Waals surface area contributed by atoms with Crippen LogP contribution >= 0.6 is 0 Å². The third kappa shape index (κ3) is 32.0. The summed E-state index contributed by atoms with van der Waals surface area (Å²) in [7, 11) is 1.62. The number of nitrogens with zero attached hydrogens (tertiary/aromatic N) is 1. The van der Waals surface area contributed by atoms with Crippen LogP contribution in [0, 0.1) is 85.2 Å². The summed E-state index contributed by atoms with van der Waals surface area (Å²) in [6.07, 6.45) is 26.2. The van der Waals surface area contributed by atoms with Crippen molar-refractivity contribution in [1.29, 1.82) is 5.26 Å². The van der Waals surface area contributed by atoms with Crippen LogP contribution in [0.5, 0.6) is 17.2 Å². The normalized spacial score (nSPS) is 22.4. The van der Waals surface area contributed by atoms with E-state index >= 15 is 0 Å². The van der Waals surface area contributed by atoms with E-state index in [1.165, 1.54) is 97.2 Å². The maximum absolute atomic E-state index is 12.2. The predicted molar refractivity (Wildman–Crippen MR) is 546 cm³/mol. The monoisotopic (exact) mass is 1910 g/mol. The molecular weight excluding hydrogens is 1740 g/mol. The highest BCUT2D eigenvalue weighted by Crippen LogP contribution is 2.63. The van der Waals surface area contributed by atoms with Crippen molar-refractivity contribution in [3.63, 3.8) is 0 Å². The standard InChI is InChI=1S/C18H28O3.C17H32O3.C15H19NO4.C15H28O3.C14H20O4.2C14H16O.C10H14O/c1-5-10-16(21-17(19)18(3,4)6-2)20-14-13-15-11-8-7-9-12-15;1-5-15(20-16(18)17(3,4)6-2)19-13-12-14-10-8-7-9-11-14;1-4-14(2,3)12(17)19-10-8-5-9-11(10)20-13(18)15(9,6-8)7-16;1-5-15(2,3)14(16)18-13(17-4)11-12-9-7-6-8-10-12;1-4-14(2,3)13(16)18-10-7-5-8-9(6-7)12(15)17-11(8)10;2*1-3-10(2)11-8-9-14(15)13-7-5-4-6-12(11)13;1-3-8(2)9-4-6-10(11)7-5-9/h7-9,11-12,16H,5-6,10,13-14H2,1-4H3;14-15H,5-13H2,1-4H3;8-11H,4-6H2,1-3H3;12-13H,5-11H2,1-4H3;7-11H,4-6H2,1-3H3;2*4-10,15H,3H2,1-2H3;4-8,11H,3H2,1-2H3. The van der Waals surface area contributed by atoms with Crippen molar-refractivity contribution in [1.82, 2.24) is 0 Å². The highest BCUT2D eigenvalue weighted by Gasteiger charge is 2.72. The summed E-state index contributed by atoms with van der Waals surface area (Å²) in [5, 5.41) is 42.1. The van der Waals surface area contributed by atoms with Gasteiger partial charge < -0.3 is 62.7 Å². The minimum absolute atomic E-state index is 0.0766. The molecule has 0 aromatic heterocycles. The van der Waals surface area contributed by atoms with Crippen molar-refractivity contribution in [2.45, 2.75) is 400 Å². The number of hydrogen-bond donors (Lipinski definition) is 3. The number of phenols is 3. The molecule has 4 bridgehead atoms. The van der Waals surface area contributed by atoms with Gasteiger partial charge in [-0.1, -0.05) is 264 Å². The number of phenolic OH excluding ortho intramolecular Hbond substituents is 3. The molecule has 2 heterocycles. The number of nitriles is 1. The predicted octanol–water partition coefficient (Wildman–Crippen LogP) is 27.7. The van der Waals surface area contributed by atoms with Gasteiger partial charge >= 0.3 is 41.8 Å². The summed E-state index contributed by atoms with van der Waals surface area (Å²) in [6, 6.07) is 43.5. The Hall–Kier alpha value is -9.10. The molecule has 14 rings (SSSR count). The molecular formula is C117H173NO20. The average molecular weight is 1910 g/mol. The molecule has 6 saturated carbocycles. The summed E-state index contributed by atoms with van der Waals surface area (Å²) in [5.74, 6) is 3.50. The van der Waals surface area contributed by atoms with Gasteiger partial charge in [-0.15, -0.1) is 0 Å². The van der Waals surface area contributed by atoms with Crippen molar-refractivity contribution in [2.24, 2.45) is 73.9 Å². The van der Waals surface area contributed by atoms with Gasteiger partial charge in [0.2, 0.25) is 18.9 Å². The second kappa shape index (κ2) is 54.8. The molecule has 6 aliphatic carbocycles. The first-order valence-electron chi connectivity index (χ1n) is 52.4. The molecule has 21 nitrogen and oxygen atoms in total. The molecule has 8 fully saturated rings. The lowest BCUT2D eigenvalue weighted by molar-refractivity contribution is -0.190. The maximum Gasteiger partial charge on any atom is 0.327 e. The van der Waals surface area contributed by atoms with Crippen LogP contribution in [-0.4, -0.2) is 121 Å². The lowest BCUT2D eigenvalue weighted by atomic mass is 9.74. The van der Waals surface area contributed by atoms with E-state index in [0.717, 1.165) is 119 Å². The Morgan fingerprint density at radius 1 is 0.464 bits per heavy atom. The second-order valence-corrected chi connectivity index (χ2v) is 43.0. The molecule has 0 amide bonds. The summed E-state index contributed by atoms with van der Waals surface area (Å²) in [5.41, 5.74) is 1.94. The zero-order valence-electron chi connectivity index (χ0n) is 88.4. The third-order valence-electron chi connectivity index (χ3n) is 31.3. The van der Waals surface area contributed by atoms with Gasteiger partial charge in [-0.25, -0.2) is 0 Å². The Labute approximate surface area is 827 Å². The largest absolute Gasteiger partial charge is 0.508 e. The lowest BCUT2D eigenvalue weighted by Gasteiger charge is -2.30. The van der Waals surface area contributed by atoms with Crippen LogP contribution < -0.4 is 0 Å². The van der Waals surface area contributed by atoms with Gasteiger partial charge in [-0.3, -0.25) is 33.6 Å². The van der Waals surface area contributed by atoms with E-state index in [1.807, 2.05) is 190 Å². The Morgan fingerprint density at radius 3 is 1.35 bits per heavy atom. The minimum atomic E-state index is -0.974. The number of aromatic hydroxyl groups is 3. The molecule has 0 radical (unpaired) electrons. The van der Waals surface area contributed by atoms with Crippen LogP contribution in [0.2, 0.25) is 0 Å². The molecule has 21 heteroatoms. The fourth-order valence-corrected chi connectivity index (χ4v) is 18.8. The van der Waals surface area contributed by atoms with Crippen LogP contribution in [0.1, 0.15) is 373 Å². The third-order valence-corrected chi connectivity index (χ3v) is 31.3. The van der Waals surface area contributed by atoms with Gasteiger partial charge in [0.15, 0.2) is 5.41 Å². The number of benzene rings is 6. The van der Waals surface area contributed by atoms with E-state index in [4.69, 9.17) is 52.5 Å². The first-order chi connectivity index (χ1) is 65.5. The van der Waals surface area contributed by atoms with Crippen molar-refractivity contribution < 1.29 is 96.2 Å². The van der Waals surface area contributed by atoms with Crippen LogP contribution in [0.15, 0.2) is 127 Å². The summed E-state index contributed by atoms with van der Waals surface area (Å²) in [4.78, 5) is 84.0. The van der Waals surface area contributed by atoms with Gasteiger partial charge in [-0.2, -0.15) is 5.26 Å². The molecule has 16 atom stereocenters. The van der Waals surface area contributed by atoms with E-state index in [9.17, 15) is 49.0 Å². The second-order valence-electron chi connectivity index (χ2n) is 43.0. The number of rotatable bonds is 35. The number of carbonyl (C=O) groups excluding carboxylic acids is 7. The smallest absolute Gasteiger partial charge is 0.327 e. The summed E-state index contributed by atoms with van der Waals surface area (Å²) >= 11 is 0. The van der Waals surface area contributed by atoms with Crippen LogP contribution in [0.25, 0.3) is 21.5 Å². The van der Waals surface area contributed by atoms with E-state index in [1.54, 1.807) is 31.4 Å². The fourth-order valence-electron chi connectivity index (χ4n) is 18.8. The van der Waals surface area contributed by atoms with Gasteiger partial charge in [-0.05, 0) is 246 Å². The number of esters is 7. The van der Waals surface area contributed by atoms with Crippen LogP contribution in [0.3, 0.4) is 0 Å². The Kier molecular flexibility index (Phi) is 46.0. The average Bonchev–Trinajstić information content (AvgIpc) is 1.54. The first kappa shape index (κ1) is 116. The van der Waals surface area contributed by atoms with E-state index in [0.29, 0.717) is 78.8 Å². The molecule has 2 aliphatic heterocycles. The van der Waals surface area contributed by atoms with Crippen LogP contribution in [0.4, 0.5) is 0 Å². The summed E-state index contributed by atoms with van der Waals surface area (Å²) in [6.45, 7) is 47.4. The van der Waals surface area contributed by atoms with E-state index < -0.39 is 50.9 Å². The topological polar surface area (TPSA) is 296 Å². The minimum Gasteiger partial charge on any atom is -0.508 e. The molecule has 8 aliphatic rings. The number of fused-ring (bicyclic) bond motifs is 4. The van der Waals surface area contributed by atoms with Crippen molar-refractivity contribution in [3.05, 3.63) is 150 Å². The van der Waals surface area contributed by atoms with Crippen LogP contribution in [-0.2, 0) is 87.4 Å². The SMILES string of the molecule is CCC(C)(C)C(=O)OC(CC1CCCCC1)OC.CCC(C)(C)C(=O)OC1C2CC3C(=O)OC1C3C2.CCC(C)(C)C(=O)OC1C2CC3C1OC(=O)C3(C#N)C2.CCC(C)c1ccc(O)c2ccccc12.CCC(C)c1ccc(O)c2ccccc12.CCC(C)c1ccc(O)cc1.CCC(OCCC1CCCCC1)OC(=O)C(C)(C)CC.CCCC(OCCc1ccccc1)OC(=O)C(C)(C)CC. The lowest BCUT2D eigenvalue weighted by Crippen LogP contribution is -2.42. The molecule has 138 heavy (non-hydrogen) atoms. The first-order valence-corrected chi connectivity index (χ1v) is 52.4. The molecule has 0 spiro atoms. The number of methoxy groups -OCH3 is 1.